The number of carboxylic acid groups (broad SMARTS) is 1. The van der Waals surface area contributed by atoms with Gasteiger partial charge in [0.15, 0.2) is 0 Å². The normalized spacial score (nSPS) is 26.4. The van der Waals surface area contributed by atoms with Gasteiger partial charge in [0, 0.05) is 42.4 Å². The zero-order valence-electron chi connectivity index (χ0n) is 12.5. The molecule has 0 spiro atoms. The lowest BCUT2D eigenvalue weighted by atomic mass is 10.00. The zero-order valence-corrected chi connectivity index (χ0v) is 12.5. The van der Waals surface area contributed by atoms with Crippen LogP contribution >= 0.6 is 0 Å². The van der Waals surface area contributed by atoms with E-state index in [1.807, 2.05) is 12.1 Å². The second-order valence-corrected chi connectivity index (χ2v) is 6.24. The lowest BCUT2D eigenvalue weighted by Gasteiger charge is -2.37. The third kappa shape index (κ3) is 2.54. The summed E-state index contributed by atoms with van der Waals surface area (Å²) in [5.41, 5.74) is 0.114. The van der Waals surface area contributed by atoms with Crippen molar-refractivity contribution in [1.82, 2.24) is 4.90 Å². The van der Waals surface area contributed by atoms with Crippen LogP contribution in [0.2, 0.25) is 0 Å². The number of carbonyl (C=O) groups is 1. The van der Waals surface area contributed by atoms with Gasteiger partial charge >= 0.3 is 11.7 Å². The molecule has 2 saturated heterocycles. The van der Waals surface area contributed by atoms with E-state index in [-0.39, 0.29) is 23.8 Å². The molecule has 2 aromatic rings. The fourth-order valence-corrected chi connectivity index (χ4v) is 3.84. The van der Waals surface area contributed by atoms with Gasteiger partial charge in [-0.05, 0) is 31.0 Å². The lowest BCUT2D eigenvalue weighted by Crippen LogP contribution is -2.48. The van der Waals surface area contributed by atoms with Crippen molar-refractivity contribution < 1.29 is 19.1 Å². The Morgan fingerprint density at radius 2 is 1.87 bits per heavy atom. The Labute approximate surface area is 132 Å². The molecule has 1 aromatic heterocycles. The van der Waals surface area contributed by atoms with Gasteiger partial charge in [0.1, 0.15) is 17.4 Å². The van der Waals surface area contributed by atoms with Crippen LogP contribution in [0.1, 0.15) is 25.7 Å². The van der Waals surface area contributed by atoms with Crippen LogP contribution < -0.4 is 10.4 Å². The molecular formula is C17H17NO5. The molecule has 2 atom stereocenters. The van der Waals surface area contributed by atoms with E-state index in [0.29, 0.717) is 24.2 Å². The standard InChI is InChI=1S/C17H17NO5/c19-16-6-2-10-1-5-13(9-15(10)23-16)22-14-7-11-3-4-12(8-14)18(11)17(20)21/h1-2,5-6,9,11-12,14H,3-4,7-8H2,(H,20,21). The smallest absolute Gasteiger partial charge is 0.407 e. The Morgan fingerprint density at radius 3 is 2.57 bits per heavy atom. The second-order valence-electron chi connectivity index (χ2n) is 6.24. The maximum Gasteiger partial charge on any atom is 0.407 e. The van der Waals surface area contributed by atoms with Crippen LogP contribution in [0.15, 0.2) is 39.5 Å². The Bertz CT molecular complexity index is 800. The number of benzene rings is 1. The van der Waals surface area contributed by atoms with E-state index in [4.69, 9.17) is 9.15 Å². The summed E-state index contributed by atoms with van der Waals surface area (Å²) in [6.45, 7) is 0. The summed E-state index contributed by atoms with van der Waals surface area (Å²) < 4.78 is 11.2. The fourth-order valence-electron chi connectivity index (χ4n) is 3.84. The first kappa shape index (κ1) is 14.1. The number of piperidine rings is 1. The highest BCUT2D eigenvalue weighted by Gasteiger charge is 2.44. The van der Waals surface area contributed by atoms with E-state index >= 15 is 0 Å². The monoisotopic (exact) mass is 315 g/mol. The molecule has 23 heavy (non-hydrogen) atoms. The molecule has 0 aliphatic carbocycles. The first-order valence-electron chi connectivity index (χ1n) is 7.82. The lowest BCUT2D eigenvalue weighted by molar-refractivity contribution is 0.0496. The van der Waals surface area contributed by atoms with E-state index in [1.54, 1.807) is 17.0 Å². The topological polar surface area (TPSA) is 80.0 Å². The van der Waals surface area contributed by atoms with Crippen LogP contribution in [0.5, 0.6) is 5.75 Å². The van der Waals surface area contributed by atoms with Crippen molar-refractivity contribution in [3.05, 3.63) is 40.8 Å². The molecule has 2 unspecified atom stereocenters. The summed E-state index contributed by atoms with van der Waals surface area (Å²) in [5.74, 6) is 0.653. The van der Waals surface area contributed by atoms with Crippen LogP contribution in [0.4, 0.5) is 4.79 Å². The Hall–Kier alpha value is -2.50. The summed E-state index contributed by atoms with van der Waals surface area (Å²) in [6.07, 6.45) is 2.39. The van der Waals surface area contributed by atoms with E-state index in [9.17, 15) is 14.7 Å². The van der Waals surface area contributed by atoms with Crippen molar-refractivity contribution in [1.29, 1.82) is 0 Å². The minimum Gasteiger partial charge on any atom is -0.490 e. The second kappa shape index (κ2) is 5.30. The number of fused-ring (bicyclic) bond motifs is 3. The molecule has 0 radical (unpaired) electrons. The van der Waals surface area contributed by atoms with Gasteiger partial charge in [-0.1, -0.05) is 0 Å². The van der Waals surface area contributed by atoms with E-state index < -0.39 is 6.09 Å². The molecule has 6 heteroatoms. The number of nitrogens with zero attached hydrogens (tertiary/aromatic N) is 1. The van der Waals surface area contributed by atoms with Crippen LogP contribution in [0.3, 0.4) is 0 Å². The molecule has 2 aliphatic heterocycles. The van der Waals surface area contributed by atoms with Crippen LogP contribution in [0.25, 0.3) is 11.0 Å². The number of hydrogen-bond acceptors (Lipinski definition) is 4. The maximum absolute atomic E-state index is 11.3. The van der Waals surface area contributed by atoms with Crippen molar-refractivity contribution in [2.45, 2.75) is 43.9 Å². The number of ether oxygens (including phenoxy) is 1. The van der Waals surface area contributed by atoms with Gasteiger partial charge in [-0.25, -0.2) is 9.59 Å². The molecule has 6 nitrogen and oxygen atoms in total. The van der Waals surface area contributed by atoms with Crippen molar-refractivity contribution in [3.63, 3.8) is 0 Å². The molecule has 0 saturated carbocycles. The number of amides is 1. The third-order valence-electron chi connectivity index (χ3n) is 4.81. The zero-order chi connectivity index (χ0) is 16.0. The van der Waals surface area contributed by atoms with Crippen LogP contribution in [0, 0.1) is 0 Å². The van der Waals surface area contributed by atoms with E-state index in [0.717, 1.165) is 18.2 Å². The van der Waals surface area contributed by atoms with Crippen LogP contribution in [-0.4, -0.2) is 34.3 Å². The minimum absolute atomic E-state index is 0.00372. The van der Waals surface area contributed by atoms with E-state index in [2.05, 4.69) is 0 Å². The Kier molecular flexibility index (Phi) is 3.25. The van der Waals surface area contributed by atoms with Crippen molar-refractivity contribution in [2.24, 2.45) is 0 Å². The number of rotatable bonds is 2. The first-order valence-corrected chi connectivity index (χ1v) is 7.82. The Balaban J connectivity index is 1.53. The summed E-state index contributed by atoms with van der Waals surface area (Å²) in [6, 6.07) is 8.65. The first-order chi connectivity index (χ1) is 11.1. The molecule has 1 amide bonds. The summed E-state index contributed by atoms with van der Waals surface area (Å²) in [5, 5.41) is 10.1. The van der Waals surface area contributed by atoms with Crippen molar-refractivity contribution >= 4 is 17.1 Å². The maximum atomic E-state index is 11.3. The van der Waals surface area contributed by atoms with Gasteiger partial charge in [-0.15, -0.1) is 0 Å². The predicted molar refractivity (Wildman–Crippen MR) is 82.8 cm³/mol. The highest BCUT2D eigenvalue weighted by Crippen LogP contribution is 2.37. The molecule has 1 aromatic carbocycles. The summed E-state index contributed by atoms with van der Waals surface area (Å²) >= 11 is 0. The van der Waals surface area contributed by atoms with Gasteiger partial charge < -0.3 is 19.2 Å². The van der Waals surface area contributed by atoms with E-state index in [1.165, 1.54) is 6.07 Å². The molecule has 4 rings (SSSR count). The molecular weight excluding hydrogens is 298 g/mol. The predicted octanol–water partition coefficient (Wildman–Crippen LogP) is 2.85. The highest BCUT2D eigenvalue weighted by molar-refractivity contribution is 5.77. The number of hydrogen-bond donors (Lipinski definition) is 1. The average molecular weight is 315 g/mol. The SMILES string of the molecule is O=C(O)N1C2CCC1CC(Oc1ccc3ccc(=O)oc3c1)C2. The summed E-state index contributed by atoms with van der Waals surface area (Å²) in [7, 11) is 0. The highest BCUT2D eigenvalue weighted by atomic mass is 16.5. The van der Waals surface area contributed by atoms with Crippen molar-refractivity contribution in [2.75, 3.05) is 0 Å². The Morgan fingerprint density at radius 1 is 1.17 bits per heavy atom. The third-order valence-corrected chi connectivity index (χ3v) is 4.81. The largest absolute Gasteiger partial charge is 0.490 e. The van der Waals surface area contributed by atoms with Gasteiger partial charge in [0.25, 0.3) is 0 Å². The molecule has 1 N–H and O–H groups in total. The van der Waals surface area contributed by atoms with Crippen LogP contribution in [-0.2, 0) is 0 Å². The minimum atomic E-state index is -0.830. The van der Waals surface area contributed by atoms with Gasteiger partial charge in [-0.2, -0.15) is 0 Å². The quantitative estimate of drug-likeness (QED) is 0.862. The molecule has 120 valence electrons. The molecule has 3 heterocycles. The van der Waals surface area contributed by atoms with Gasteiger partial charge in [-0.3, -0.25) is 0 Å². The van der Waals surface area contributed by atoms with Crippen molar-refractivity contribution in [3.8, 4) is 5.75 Å². The summed E-state index contributed by atoms with van der Waals surface area (Å²) in [4.78, 5) is 24.2. The van der Waals surface area contributed by atoms with Gasteiger partial charge in [0.2, 0.25) is 0 Å². The fraction of sp³-hybridized carbons (Fsp3) is 0.412. The average Bonchev–Trinajstić information content (AvgIpc) is 2.79. The molecule has 2 aliphatic rings. The molecule has 2 fully saturated rings. The van der Waals surface area contributed by atoms with Gasteiger partial charge in [0.05, 0.1) is 0 Å². The molecule has 2 bridgehead atoms.